The highest BCUT2D eigenvalue weighted by molar-refractivity contribution is 5.92. The Balaban J connectivity index is 1.15. The Morgan fingerprint density at radius 1 is 1.00 bits per heavy atom. The van der Waals surface area contributed by atoms with Gasteiger partial charge in [-0.2, -0.15) is 0 Å². The molecular weight excluding hydrogens is 485 g/mol. The summed E-state index contributed by atoms with van der Waals surface area (Å²) in [5.74, 6) is 1.52. The third kappa shape index (κ3) is 5.76. The Labute approximate surface area is 221 Å². The third-order valence-corrected chi connectivity index (χ3v) is 7.88. The van der Waals surface area contributed by atoms with Crippen molar-refractivity contribution in [2.24, 2.45) is 23.7 Å². The van der Waals surface area contributed by atoms with Crippen LogP contribution in [-0.2, 0) is 9.53 Å². The molecule has 2 N–H and O–H groups in total. The van der Waals surface area contributed by atoms with Gasteiger partial charge in [-0.25, -0.2) is 19.2 Å². The maximum atomic E-state index is 13.9. The normalized spacial score (nSPS) is 23.6. The van der Waals surface area contributed by atoms with Crippen LogP contribution < -0.4 is 10.6 Å². The maximum absolute atomic E-state index is 13.9. The van der Waals surface area contributed by atoms with Crippen molar-refractivity contribution in [3.8, 4) is 0 Å². The predicted octanol–water partition coefficient (Wildman–Crippen LogP) is 6.31. The molecule has 0 radical (unpaired) electrons. The molecule has 2 aliphatic carbocycles. The van der Waals surface area contributed by atoms with Crippen molar-refractivity contribution in [2.45, 2.75) is 64.9 Å². The lowest BCUT2D eigenvalue weighted by atomic mass is 9.86. The number of halogens is 1. The van der Waals surface area contributed by atoms with E-state index in [4.69, 9.17) is 4.74 Å². The summed E-state index contributed by atoms with van der Waals surface area (Å²) in [4.78, 5) is 37.5. The van der Waals surface area contributed by atoms with Gasteiger partial charge in [-0.05, 0) is 100.0 Å². The Bertz CT molecular complexity index is 1330. The number of fused-ring (bicyclic) bond motifs is 2. The number of aromatic nitrogens is 3. The second-order valence-corrected chi connectivity index (χ2v) is 11.7. The van der Waals surface area contributed by atoms with E-state index in [9.17, 15) is 14.0 Å². The molecule has 0 aliphatic heterocycles. The SMILES string of the molecule is CC(C(=O)Nc1cnc(NC(=O)OC(C)(C)C)nc1)C1CC2CC(c3ccnc4ccc(F)cc34)C[C@@H]2C1. The molecule has 200 valence electrons. The fourth-order valence-corrected chi connectivity index (χ4v) is 6.14. The summed E-state index contributed by atoms with van der Waals surface area (Å²) >= 11 is 0. The number of carbonyl (C=O) groups is 2. The number of rotatable bonds is 5. The highest BCUT2D eigenvalue weighted by atomic mass is 19.1. The molecule has 2 aromatic heterocycles. The second-order valence-electron chi connectivity index (χ2n) is 11.7. The van der Waals surface area contributed by atoms with Crippen LogP contribution >= 0.6 is 0 Å². The predicted molar refractivity (Wildman–Crippen MR) is 143 cm³/mol. The molecule has 9 heteroatoms. The van der Waals surface area contributed by atoms with Crippen LogP contribution in [0.4, 0.5) is 20.8 Å². The molecule has 1 aromatic carbocycles. The molecule has 2 fully saturated rings. The topological polar surface area (TPSA) is 106 Å². The molecule has 2 amide bonds. The van der Waals surface area contributed by atoms with Crippen molar-refractivity contribution in [2.75, 3.05) is 10.6 Å². The first kappa shape index (κ1) is 26.0. The lowest BCUT2D eigenvalue weighted by molar-refractivity contribution is -0.120. The standard InChI is InChI=1S/C29H34FN5O3/c1-16(26(36)34-22-14-32-27(33-15-22)35-28(37)38-29(2,3)4)17-9-18-11-20(12-19(18)10-17)23-7-8-31-25-6-5-21(30)13-24(23)25/h5-8,13-20H,9-12H2,1-4H3,(H,34,36)(H,32,33,35,37)/t16?,17?,18-,19?,20?/m0/s1. The Hall–Kier alpha value is -3.62. The first-order chi connectivity index (χ1) is 18.1. The molecule has 5 rings (SSSR count). The summed E-state index contributed by atoms with van der Waals surface area (Å²) in [6, 6.07) is 6.85. The first-order valence-electron chi connectivity index (χ1n) is 13.2. The summed E-state index contributed by atoms with van der Waals surface area (Å²) in [7, 11) is 0. The van der Waals surface area contributed by atoms with Gasteiger partial charge in [0, 0.05) is 17.5 Å². The molecule has 8 nitrogen and oxygen atoms in total. The minimum atomic E-state index is -0.638. The molecule has 2 saturated carbocycles. The third-order valence-electron chi connectivity index (χ3n) is 7.88. The molecular formula is C29H34FN5O3. The van der Waals surface area contributed by atoms with Crippen molar-refractivity contribution in [1.82, 2.24) is 15.0 Å². The Morgan fingerprint density at radius 3 is 2.34 bits per heavy atom. The van der Waals surface area contributed by atoms with E-state index in [1.165, 1.54) is 24.0 Å². The lowest BCUT2D eigenvalue weighted by Crippen LogP contribution is -2.28. The quantitative estimate of drug-likeness (QED) is 0.409. The Morgan fingerprint density at radius 2 is 1.68 bits per heavy atom. The highest BCUT2D eigenvalue weighted by Gasteiger charge is 2.44. The van der Waals surface area contributed by atoms with Gasteiger partial charge in [-0.3, -0.25) is 15.1 Å². The van der Waals surface area contributed by atoms with Crippen molar-refractivity contribution in [3.05, 3.63) is 54.2 Å². The molecule has 2 heterocycles. The fourth-order valence-electron chi connectivity index (χ4n) is 6.14. The number of carbonyl (C=O) groups excluding carboxylic acids is 2. The van der Waals surface area contributed by atoms with Gasteiger partial charge in [-0.1, -0.05) is 6.92 Å². The van der Waals surface area contributed by atoms with Crippen molar-refractivity contribution in [3.63, 3.8) is 0 Å². The number of nitrogens with one attached hydrogen (secondary N) is 2. The summed E-state index contributed by atoms with van der Waals surface area (Å²) < 4.78 is 19.1. The van der Waals surface area contributed by atoms with Gasteiger partial charge in [0.25, 0.3) is 0 Å². The zero-order valence-corrected chi connectivity index (χ0v) is 22.2. The number of hydrogen-bond acceptors (Lipinski definition) is 6. The van der Waals surface area contributed by atoms with E-state index in [0.717, 1.165) is 36.6 Å². The summed E-state index contributed by atoms with van der Waals surface area (Å²) in [5.41, 5.74) is 1.88. The summed E-state index contributed by atoms with van der Waals surface area (Å²) in [6.07, 6.45) is 8.28. The number of anilines is 2. The van der Waals surface area contributed by atoms with Crippen molar-refractivity contribution < 1.29 is 18.7 Å². The van der Waals surface area contributed by atoms with Crippen molar-refractivity contribution in [1.29, 1.82) is 0 Å². The smallest absolute Gasteiger partial charge is 0.414 e. The van der Waals surface area contributed by atoms with Crippen LogP contribution in [0.15, 0.2) is 42.9 Å². The number of hydrogen-bond donors (Lipinski definition) is 2. The van der Waals surface area contributed by atoms with Gasteiger partial charge in [0.2, 0.25) is 11.9 Å². The van der Waals surface area contributed by atoms with Crippen LogP contribution in [0.1, 0.15) is 64.9 Å². The number of ether oxygens (including phenoxy) is 1. The van der Waals surface area contributed by atoms with Crippen LogP contribution in [0, 0.1) is 29.5 Å². The van der Waals surface area contributed by atoms with E-state index in [1.54, 1.807) is 32.9 Å². The van der Waals surface area contributed by atoms with E-state index >= 15 is 0 Å². The van der Waals surface area contributed by atoms with Gasteiger partial charge in [0.15, 0.2) is 0 Å². The van der Waals surface area contributed by atoms with Crippen LogP contribution in [0.5, 0.6) is 0 Å². The number of pyridine rings is 1. The van der Waals surface area contributed by atoms with E-state index in [2.05, 4.69) is 25.6 Å². The average molecular weight is 520 g/mol. The lowest BCUT2D eigenvalue weighted by Gasteiger charge is -2.21. The van der Waals surface area contributed by atoms with E-state index in [1.807, 2.05) is 19.2 Å². The minimum absolute atomic E-state index is 0.0569. The van der Waals surface area contributed by atoms with Crippen molar-refractivity contribution >= 4 is 34.5 Å². The molecule has 4 unspecified atom stereocenters. The maximum Gasteiger partial charge on any atom is 0.414 e. The zero-order chi connectivity index (χ0) is 27.0. The Kier molecular flexibility index (Phi) is 7.03. The van der Waals surface area contributed by atoms with Gasteiger partial charge in [0.05, 0.1) is 23.6 Å². The monoisotopic (exact) mass is 519 g/mol. The van der Waals surface area contributed by atoms with Crippen LogP contribution in [0.2, 0.25) is 0 Å². The highest BCUT2D eigenvalue weighted by Crippen LogP contribution is 2.54. The van der Waals surface area contributed by atoms with Gasteiger partial charge in [0.1, 0.15) is 11.4 Å². The first-order valence-corrected chi connectivity index (χ1v) is 13.2. The van der Waals surface area contributed by atoms with E-state index in [0.29, 0.717) is 29.4 Å². The van der Waals surface area contributed by atoms with Gasteiger partial charge >= 0.3 is 6.09 Å². The largest absolute Gasteiger partial charge is 0.444 e. The molecule has 38 heavy (non-hydrogen) atoms. The van der Waals surface area contributed by atoms with Crippen LogP contribution in [0.25, 0.3) is 10.9 Å². The molecule has 0 spiro atoms. The van der Waals surface area contributed by atoms with Crippen LogP contribution in [-0.4, -0.2) is 32.6 Å². The van der Waals surface area contributed by atoms with Crippen LogP contribution in [0.3, 0.4) is 0 Å². The number of benzene rings is 1. The van der Waals surface area contributed by atoms with Gasteiger partial charge in [-0.15, -0.1) is 0 Å². The zero-order valence-electron chi connectivity index (χ0n) is 22.2. The average Bonchev–Trinajstić information content (AvgIpc) is 3.42. The molecule has 0 bridgehead atoms. The van der Waals surface area contributed by atoms with E-state index < -0.39 is 11.7 Å². The number of nitrogens with zero attached hydrogens (tertiary/aromatic N) is 3. The van der Waals surface area contributed by atoms with Gasteiger partial charge < -0.3 is 10.1 Å². The summed E-state index contributed by atoms with van der Waals surface area (Å²) in [5, 5.41) is 6.30. The minimum Gasteiger partial charge on any atom is -0.444 e. The molecule has 2 aliphatic rings. The molecule has 0 saturated heterocycles. The summed E-state index contributed by atoms with van der Waals surface area (Å²) in [6.45, 7) is 7.30. The van der Waals surface area contributed by atoms with E-state index in [-0.39, 0.29) is 23.6 Å². The fraction of sp³-hybridized carbons (Fsp3) is 0.483. The number of amides is 2. The second kappa shape index (κ2) is 10.3. The molecule has 3 aromatic rings. The molecule has 5 atom stereocenters.